The highest BCUT2D eigenvalue weighted by Crippen LogP contribution is 2.33. The molecule has 7 nitrogen and oxygen atoms in total. The second-order valence-electron chi connectivity index (χ2n) is 7.86. The smallest absolute Gasteiger partial charge is 0.271 e. The Kier molecular flexibility index (Phi) is 7.15. The van der Waals surface area contributed by atoms with Crippen molar-refractivity contribution in [1.29, 1.82) is 5.26 Å². The van der Waals surface area contributed by atoms with E-state index < -0.39 is 35.5 Å². The first-order valence-electron chi connectivity index (χ1n) is 9.95. The number of ketones is 1. The SMILES string of the molecule is Cc1c(C(=O)CN2C(=O)/C(=C/c3ccc(F)cc3)SC2=S)c(O)n(CC(C)C)c(=O)c1C#N. The number of pyridine rings is 1. The fraction of sp³-hybridized carbons (Fsp3) is 0.261. The van der Waals surface area contributed by atoms with Gasteiger partial charge in [0.1, 0.15) is 21.8 Å². The van der Waals surface area contributed by atoms with Gasteiger partial charge in [0.25, 0.3) is 11.5 Å². The lowest BCUT2D eigenvalue weighted by atomic mass is 10.0. The maximum atomic E-state index is 13.1. The van der Waals surface area contributed by atoms with E-state index in [2.05, 4.69) is 0 Å². The van der Waals surface area contributed by atoms with Gasteiger partial charge >= 0.3 is 0 Å². The molecule has 2 aromatic rings. The number of Topliss-reactive ketones (excluding diaryl/α,β-unsaturated/α-hetero) is 1. The molecular formula is C23H20FN3O4S2. The van der Waals surface area contributed by atoms with Crippen LogP contribution in [0.1, 0.15) is 40.9 Å². The Morgan fingerprint density at radius 1 is 1.30 bits per heavy atom. The van der Waals surface area contributed by atoms with E-state index in [0.717, 1.165) is 21.2 Å². The average molecular weight is 486 g/mol. The van der Waals surface area contributed by atoms with Crippen LogP contribution < -0.4 is 5.56 Å². The molecule has 170 valence electrons. The minimum atomic E-state index is -0.675. The molecule has 1 aromatic heterocycles. The minimum absolute atomic E-state index is 0.0332. The van der Waals surface area contributed by atoms with Gasteiger partial charge in [-0.05, 0) is 42.2 Å². The van der Waals surface area contributed by atoms with Crippen LogP contribution in [0.4, 0.5) is 4.39 Å². The molecule has 0 unspecified atom stereocenters. The summed E-state index contributed by atoms with van der Waals surface area (Å²) in [5.74, 6) is -2.14. The van der Waals surface area contributed by atoms with Gasteiger partial charge in [0, 0.05) is 6.54 Å². The first kappa shape index (κ1) is 24.4. The third kappa shape index (κ3) is 4.89. The monoisotopic (exact) mass is 485 g/mol. The normalized spacial score (nSPS) is 14.9. The molecule has 0 radical (unpaired) electrons. The second kappa shape index (κ2) is 9.68. The van der Waals surface area contributed by atoms with Crippen molar-refractivity contribution in [2.24, 2.45) is 5.92 Å². The molecule has 1 fully saturated rings. The van der Waals surface area contributed by atoms with Gasteiger partial charge in [-0.2, -0.15) is 5.26 Å². The van der Waals surface area contributed by atoms with E-state index in [4.69, 9.17) is 12.2 Å². The van der Waals surface area contributed by atoms with Crippen molar-refractivity contribution in [3.63, 3.8) is 0 Å². The van der Waals surface area contributed by atoms with Gasteiger partial charge in [-0.1, -0.05) is 50.0 Å². The fourth-order valence-electron chi connectivity index (χ4n) is 3.39. The Hall–Kier alpha value is -3.29. The summed E-state index contributed by atoms with van der Waals surface area (Å²) in [5.41, 5.74) is -0.458. The number of nitriles is 1. The van der Waals surface area contributed by atoms with Crippen molar-refractivity contribution >= 4 is 46.1 Å². The Morgan fingerprint density at radius 2 is 1.94 bits per heavy atom. The minimum Gasteiger partial charge on any atom is -0.494 e. The summed E-state index contributed by atoms with van der Waals surface area (Å²) in [6, 6.07) is 7.35. The van der Waals surface area contributed by atoms with Crippen LogP contribution in [0.15, 0.2) is 34.0 Å². The number of rotatable bonds is 6. The highest BCUT2D eigenvalue weighted by Gasteiger charge is 2.35. The molecule has 0 bridgehead atoms. The number of thiocarbonyl (C=S) groups is 1. The number of hydrogen-bond acceptors (Lipinski definition) is 7. The number of benzene rings is 1. The van der Waals surface area contributed by atoms with Crippen molar-refractivity contribution in [3.8, 4) is 11.9 Å². The summed E-state index contributed by atoms with van der Waals surface area (Å²) in [6.07, 6.45) is 1.54. The summed E-state index contributed by atoms with van der Waals surface area (Å²) in [4.78, 5) is 40.0. The summed E-state index contributed by atoms with van der Waals surface area (Å²) < 4.78 is 14.3. The molecule has 2 heterocycles. The van der Waals surface area contributed by atoms with Crippen LogP contribution in [0.3, 0.4) is 0 Å². The molecule has 1 aliphatic heterocycles. The van der Waals surface area contributed by atoms with E-state index >= 15 is 0 Å². The van der Waals surface area contributed by atoms with Crippen molar-refractivity contribution in [1.82, 2.24) is 9.47 Å². The first-order chi connectivity index (χ1) is 15.5. The van der Waals surface area contributed by atoms with E-state index in [0.29, 0.717) is 5.56 Å². The average Bonchev–Trinajstić information content (AvgIpc) is 3.00. The third-order valence-corrected chi connectivity index (χ3v) is 6.35. The molecule has 0 atom stereocenters. The largest absolute Gasteiger partial charge is 0.494 e. The number of aromatic hydroxyl groups is 1. The molecule has 1 aromatic carbocycles. The standard InChI is InChI=1S/C23H20FN3O4S2/c1-12(2)10-26-20(29)16(9-25)13(3)19(22(26)31)17(28)11-27-21(30)18(33-23(27)32)8-14-4-6-15(24)7-5-14/h4-8,12,31H,10-11H2,1-3H3/b18-8-. The van der Waals surface area contributed by atoms with Gasteiger partial charge in [0.15, 0.2) is 5.78 Å². The van der Waals surface area contributed by atoms with E-state index in [1.54, 1.807) is 12.1 Å². The highest BCUT2D eigenvalue weighted by atomic mass is 32.2. The lowest BCUT2D eigenvalue weighted by Gasteiger charge is -2.19. The Bertz CT molecular complexity index is 1290. The van der Waals surface area contributed by atoms with E-state index in [9.17, 15) is 29.1 Å². The van der Waals surface area contributed by atoms with Crippen LogP contribution in [0.25, 0.3) is 6.08 Å². The molecule has 1 N–H and O–H groups in total. The first-order valence-corrected chi connectivity index (χ1v) is 11.2. The second-order valence-corrected chi connectivity index (χ2v) is 9.54. The molecule has 0 spiro atoms. The van der Waals surface area contributed by atoms with Crippen molar-refractivity contribution in [2.45, 2.75) is 27.3 Å². The lowest BCUT2D eigenvalue weighted by Crippen LogP contribution is -2.35. The third-order valence-electron chi connectivity index (χ3n) is 4.97. The Balaban J connectivity index is 1.95. The van der Waals surface area contributed by atoms with Crippen molar-refractivity contribution in [3.05, 3.63) is 67.6 Å². The molecule has 0 aliphatic carbocycles. The molecule has 3 rings (SSSR count). The van der Waals surface area contributed by atoms with Crippen LogP contribution in [0.2, 0.25) is 0 Å². The molecule has 0 saturated carbocycles. The number of carbonyl (C=O) groups excluding carboxylic acids is 2. The zero-order valence-electron chi connectivity index (χ0n) is 18.1. The van der Waals surface area contributed by atoms with Crippen molar-refractivity contribution in [2.75, 3.05) is 6.54 Å². The number of nitrogens with zero attached hydrogens (tertiary/aromatic N) is 3. The number of hydrogen-bond donors (Lipinski definition) is 1. The lowest BCUT2D eigenvalue weighted by molar-refractivity contribution is -0.121. The molecule has 1 aliphatic rings. The highest BCUT2D eigenvalue weighted by molar-refractivity contribution is 8.26. The molecule has 33 heavy (non-hydrogen) atoms. The van der Waals surface area contributed by atoms with Crippen LogP contribution in [-0.4, -0.2) is 37.1 Å². The topological polar surface area (TPSA) is 103 Å². The molecule has 1 saturated heterocycles. The van der Waals surface area contributed by atoms with Crippen LogP contribution in [0.5, 0.6) is 5.88 Å². The van der Waals surface area contributed by atoms with Crippen LogP contribution in [0, 0.1) is 30.0 Å². The van der Waals surface area contributed by atoms with Gasteiger partial charge in [-0.25, -0.2) is 4.39 Å². The van der Waals surface area contributed by atoms with Gasteiger partial charge in [-0.15, -0.1) is 0 Å². The van der Waals surface area contributed by atoms with E-state index in [1.807, 2.05) is 13.8 Å². The number of amides is 1. The molecular weight excluding hydrogens is 465 g/mol. The number of thioether (sulfide) groups is 1. The summed E-state index contributed by atoms with van der Waals surface area (Å²) in [5, 5.41) is 20.2. The Morgan fingerprint density at radius 3 is 2.52 bits per heavy atom. The number of carbonyl (C=O) groups is 2. The van der Waals surface area contributed by atoms with E-state index in [1.165, 1.54) is 31.2 Å². The maximum absolute atomic E-state index is 13.1. The predicted octanol–water partition coefficient (Wildman–Crippen LogP) is 3.61. The molecule has 1 amide bonds. The summed E-state index contributed by atoms with van der Waals surface area (Å²) in [7, 11) is 0. The number of aromatic nitrogens is 1. The zero-order valence-corrected chi connectivity index (χ0v) is 19.7. The zero-order chi connectivity index (χ0) is 24.4. The summed E-state index contributed by atoms with van der Waals surface area (Å²) >= 11 is 6.26. The van der Waals surface area contributed by atoms with Gasteiger partial charge in [0.2, 0.25) is 5.88 Å². The Labute approximate surface area is 199 Å². The van der Waals surface area contributed by atoms with Gasteiger partial charge < -0.3 is 5.11 Å². The quantitative estimate of drug-likeness (QED) is 0.379. The number of halogens is 1. The maximum Gasteiger partial charge on any atom is 0.271 e. The van der Waals surface area contributed by atoms with Crippen LogP contribution >= 0.6 is 24.0 Å². The van der Waals surface area contributed by atoms with Crippen LogP contribution in [-0.2, 0) is 11.3 Å². The van der Waals surface area contributed by atoms with Gasteiger partial charge in [0.05, 0.1) is 17.0 Å². The predicted molar refractivity (Wildman–Crippen MR) is 127 cm³/mol. The van der Waals surface area contributed by atoms with Crippen molar-refractivity contribution < 1.29 is 19.1 Å². The van der Waals surface area contributed by atoms with E-state index in [-0.39, 0.29) is 38.4 Å². The fourth-order valence-corrected chi connectivity index (χ4v) is 4.64. The van der Waals surface area contributed by atoms with Gasteiger partial charge in [-0.3, -0.25) is 23.9 Å². The summed E-state index contributed by atoms with van der Waals surface area (Å²) in [6.45, 7) is 4.71. The molecule has 10 heteroatoms.